The van der Waals surface area contributed by atoms with E-state index in [9.17, 15) is 9.18 Å². The number of carbonyl (C=O) groups is 1. The molecule has 1 amide bonds. The third-order valence-electron chi connectivity index (χ3n) is 4.88. The Bertz CT molecular complexity index is 1040. The molecule has 2 aromatic carbocycles. The summed E-state index contributed by atoms with van der Waals surface area (Å²) in [5.41, 5.74) is 1.05. The van der Waals surface area contributed by atoms with Crippen molar-refractivity contribution in [2.75, 3.05) is 44.3 Å². The number of fused-ring (bicyclic) bond motifs is 1. The minimum Gasteiger partial charge on any atom is -0.379 e. The molecule has 1 saturated heterocycles. The van der Waals surface area contributed by atoms with Crippen LogP contribution in [0, 0.1) is 5.82 Å². The lowest BCUT2D eigenvalue weighted by atomic mass is 10.2. The lowest BCUT2D eigenvalue weighted by Crippen LogP contribution is -2.39. The minimum absolute atomic E-state index is 0.235. The predicted octanol–water partition coefficient (Wildman–Crippen LogP) is 5.11. The van der Waals surface area contributed by atoms with Gasteiger partial charge in [-0.3, -0.25) is 14.6 Å². The summed E-state index contributed by atoms with van der Waals surface area (Å²) >= 11 is 13.5. The number of hydrogen-bond donors (Lipinski definition) is 0. The number of ether oxygens (including phenoxy) is 1. The first-order valence-corrected chi connectivity index (χ1v) is 11.2. The summed E-state index contributed by atoms with van der Waals surface area (Å²) < 4.78 is 19.7. The number of anilines is 1. The van der Waals surface area contributed by atoms with Crippen molar-refractivity contribution in [3.05, 3.63) is 57.8 Å². The molecule has 5 nitrogen and oxygen atoms in total. The molecule has 0 saturated carbocycles. The third kappa shape index (κ3) is 5.10. The van der Waals surface area contributed by atoms with Gasteiger partial charge in [-0.05, 0) is 42.8 Å². The number of amides is 1. The van der Waals surface area contributed by atoms with Crippen molar-refractivity contribution < 1.29 is 13.9 Å². The fraction of sp³-hybridized carbons (Fsp3) is 0.333. The monoisotopic (exact) mass is 467 g/mol. The van der Waals surface area contributed by atoms with Crippen LogP contribution in [0.1, 0.15) is 16.8 Å². The molecule has 1 fully saturated rings. The second-order valence-corrected chi connectivity index (χ2v) is 8.91. The lowest BCUT2D eigenvalue weighted by Gasteiger charge is -2.27. The molecular weight excluding hydrogens is 448 g/mol. The van der Waals surface area contributed by atoms with E-state index in [-0.39, 0.29) is 11.7 Å². The average molecular weight is 468 g/mol. The number of rotatable bonds is 6. The van der Waals surface area contributed by atoms with Crippen LogP contribution in [0.2, 0.25) is 10.0 Å². The standard InChI is InChI=1S/C21H20Cl2FN3O2S/c22-15-10-14(11-16(23)12-15)20(28)27(5-1-4-26-6-8-29-9-7-26)21-25-18-3-2-17(24)13-19(18)30-21/h2-3,10-13H,1,4-9H2. The molecule has 0 spiro atoms. The first-order valence-electron chi connectivity index (χ1n) is 9.64. The number of carbonyl (C=O) groups excluding carboxylic acids is 1. The van der Waals surface area contributed by atoms with Crippen LogP contribution >= 0.6 is 34.5 Å². The van der Waals surface area contributed by atoms with E-state index in [0.29, 0.717) is 37.5 Å². The summed E-state index contributed by atoms with van der Waals surface area (Å²) in [5.74, 6) is -0.564. The first-order chi connectivity index (χ1) is 14.5. The van der Waals surface area contributed by atoms with E-state index in [1.165, 1.54) is 23.5 Å². The van der Waals surface area contributed by atoms with Gasteiger partial charge in [0.1, 0.15) is 5.82 Å². The highest BCUT2D eigenvalue weighted by Crippen LogP contribution is 2.31. The second kappa shape index (κ2) is 9.58. The van der Waals surface area contributed by atoms with Crippen LogP contribution in [0.25, 0.3) is 10.2 Å². The summed E-state index contributed by atoms with van der Waals surface area (Å²) in [6.07, 6.45) is 0.768. The number of halogens is 3. The Balaban J connectivity index is 1.59. The van der Waals surface area contributed by atoms with E-state index in [2.05, 4.69) is 9.88 Å². The Hall–Kier alpha value is -1.77. The largest absolute Gasteiger partial charge is 0.379 e. The lowest BCUT2D eigenvalue weighted by molar-refractivity contribution is 0.0376. The van der Waals surface area contributed by atoms with Crippen LogP contribution < -0.4 is 4.90 Å². The molecule has 9 heteroatoms. The molecule has 1 aliphatic heterocycles. The molecule has 1 aromatic heterocycles. The number of thiazole rings is 1. The molecule has 1 aliphatic rings. The predicted molar refractivity (Wildman–Crippen MR) is 120 cm³/mol. The normalized spacial score (nSPS) is 14.9. The second-order valence-electron chi connectivity index (χ2n) is 7.03. The number of nitrogens with zero attached hydrogens (tertiary/aromatic N) is 3. The molecule has 0 aliphatic carbocycles. The molecule has 4 rings (SSSR count). The Morgan fingerprint density at radius 1 is 1.17 bits per heavy atom. The van der Waals surface area contributed by atoms with Crippen molar-refractivity contribution in [1.82, 2.24) is 9.88 Å². The zero-order chi connectivity index (χ0) is 21.1. The smallest absolute Gasteiger partial charge is 0.260 e. The van der Waals surface area contributed by atoms with Crippen molar-refractivity contribution in [2.45, 2.75) is 6.42 Å². The SMILES string of the molecule is O=C(c1cc(Cl)cc(Cl)c1)N(CCCN1CCOCC1)c1nc2ccc(F)cc2s1. The van der Waals surface area contributed by atoms with Crippen molar-refractivity contribution in [1.29, 1.82) is 0 Å². The Kier molecular flexibility index (Phi) is 6.85. The van der Waals surface area contributed by atoms with E-state index in [0.717, 1.165) is 39.3 Å². The van der Waals surface area contributed by atoms with E-state index < -0.39 is 0 Å². The fourth-order valence-corrected chi connectivity index (χ4v) is 4.94. The van der Waals surface area contributed by atoms with Gasteiger partial charge in [0.2, 0.25) is 0 Å². The fourth-order valence-electron chi connectivity index (χ4n) is 3.40. The van der Waals surface area contributed by atoms with Crippen LogP contribution in [0.4, 0.5) is 9.52 Å². The molecule has 0 radical (unpaired) electrons. The molecule has 0 N–H and O–H groups in total. The number of hydrogen-bond acceptors (Lipinski definition) is 5. The highest BCUT2D eigenvalue weighted by atomic mass is 35.5. The number of morpholine rings is 1. The van der Waals surface area contributed by atoms with Crippen molar-refractivity contribution in [3.63, 3.8) is 0 Å². The van der Waals surface area contributed by atoms with Gasteiger partial charge in [0, 0.05) is 41.8 Å². The number of benzene rings is 2. The molecular formula is C21H20Cl2FN3O2S. The van der Waals surface area contributed by atoms with Gasteiger partial charge in [0.05, 0.1) is 23.4 Å². The van der Waals surface area contributed by atoms with Gasteiger partial charge in [0.25, 0.3) is 5.91 Å². The van der Waals surface area contributed by atoms with Crippen LogP contribution in [-0.2, 0) is 4.74 Å². The van der Waals surface area contributed by atoms with Gasteiger partial charge in [-0.1, -0.05) is 34.5 Å². The van der Waals surface area contributed by atoms with Gasteiger partial charge in [0.15, 0.2) is 5.13 Å². The highest BCUT2D eigenvalue weighted by Gasteiger charge is 2.22. The van der Waals surface area contributed by atoms with Gasteiger partial charge >= 0.3 is 0 Å². The van der Waals surface area contributed by atoms with Crippen LogP contribution in [0.3, 0.4) is 0 Å². The average Bonchev–Trinajstić information content (AvgIpc) is 3.13. The molecule has 0 unspecified atom stereocenters. The Labute approximate surface area is 188 Å². The van der Waals surface area contributed by atoms with Crippen LogP contribution in [-0.4, -0.2) is 55.2 Å². The quantitative estimate of drug-likeness (QED) is 0.505. The van der Waals surface area contributed by atoms with Gasteiger partial charge < -0.3 is 4.74 Å². The van der Waals surface area contributed by atoms with Crippen LogP contribution in [0.15, 0.2) is 36.4 Å². The van der Waals surface area contributed by atoms with Crippen molar-refractivity contribution >= 4 is 55.8 Å². The summed E-state index contributed by atoms with van der Waals surface area (Å²) in [5, 5.41) is 1.31. The Morgan fingerprint density at radius 3 is 2.63 bits per heavy atom. The van der Waals surface area contributed by atoms with Gasteiger partial charge in [-0.15, -0.1) is 0 Å². The number of aromatic nitrogens is 1. The van der Waals surface area contributed by atoms with E-state index in [1.54, 1.807) is 29.2 Å². The summed E-state index contributed by atoms with van der Waals surface area (Å²) in [7, 11) is 0. The zero-order valence-corrected chi connectivity index (χ0v) is 18.4. The molecule has 30 heavy (non-hydrogen) atoms. The first kappa shape index (κ1) is 21.5. The van der Waals surface area contributed by atoms with E-state index in [4.69, 9.17) is 27.9 Å². The highest BCUT2D eigenvalue weighted by molar-refractivity contribution is 7.22. The zero-order valence-electron chi connectivity index (χ0n) is 16.1. The Morgan fingerprint density at radius 2 is 1.90 bits per heavy atom. The summed E-state index contributed by atoms with van der Waals surface area (Å²) in [6.45, 7) is 4.56. The molecule has 0 bridgehead atoms. The molecule has 2 heterocycles. The van der Waals surface area contributed by atoms with Crippen molar-refractivity contribution in [3.8, 4) is 0 Å². The van der Waals surface area contributed by atoms with E-state index in [1.807, 2.05) is 0 Å². The van der Waals surface area contributed by atoms with Crippen LogP contribution in [0.5, 0.6) is 0 Å². The summed E-state index contributed by atoms with van der Waals surface area (Å²) in [4.78, 5) is 21.9. The minimum atomic E-state index is -0.329. The maximum absolute atomic E-state index is 13.6. The molecule has 3 aromatic rings. The van der Waals surface area contributed by atoms with Gasteiger partial charge in [-0.25, -0.2) is 9.37 Å². The summed E-state index contributed by atoms with van der Waals surface area (Å²) in [6, 6.07) is 9.20. The maximum Gasteiger partial charge on any atom is 0.260 e. The molecule has 158 valence electrons. The molecule has 0 atom stereocenters. The third-order valence-corrected chi connectivity index (χ3v) is 6.36. The maximum atomic E-state index is 13.6. The van der Waals surface area contributed by atoms with E-state index >= 15 is 0 Å². The topological polar surface area (TPSA) is 45.7 Å². The van der Waals surface area contributed by atoms with Gasteiger partial charge in [-0.2, -0.15) is 0 Å². The van der Waals surface area contributed by atoms with Crippen molar-refractivity contribution in [2.24, 2.45) is 0 Å².